The van der Waals surface area contributed by atoms with E-state index in [1.54, 1.807) is 0 Å². The van der Waals surface area contributed by atoms with Gasteiger partial charge in [0.25, 0.3) is 0 Å². The van der Waals surface area contributed by atoms with E-state index < -0.39 is 0 Å². The predicted octanol–water partition coefficient (Wildman–Crippen LogP) is 3.49. The molecule has 0 saturated carbocycles. The third-order valence-corrected chi connectivity index (χ3v) is 2.95. The van der Waals surface area contributed by atoms with Crippen LogP contribution in [0, 0.1) is 13.8 Å². The molecule has 0 amide bonds. The van der Waals surface area contributed by atoms with Crippen LogP contribution in [-0.4, -0.2) is 65.9 Å². The van der Waals surface area contributed by atoms with Gasteiger partial charge >= 0.3 is 37.7 Å². The van der Waals surface area contributed by atoms with E-state index in [2.05, 4.69) is 35.8 Å². The van der Waals surface area contributed by atoms with Gasteiger partial charge in [0.15, 0.2) is 0 Å². The minimum Gasteiger partial charge on any atom is -0.428 e. The van der Waals surface area contributed by atoms with E-state index in [1.165, 1.54) is 11.4 Å². The first kappa shape index (κ1) is 20.0. The Morgan fingerprint density at radius 2 is 0.905 bits per heavy atom. The van der Waals surface area contributed by atoms with Crippen molar-refractivity contribution in [3.63, 3.8) is 0 Å². The van der Waals surface area contributed by atoms with E-state index in [9.17, 15) is 0 Å². The summed E-state index contributed by atoms with van der Waals surface area (Å²) in [4.78, 5) is 4.12. The average molecular weight is 308 g/mol. The number of hydrogen-bond donors (Lipinski definition) is 0. The minimum atomic E-state index is 0. The van der Waals surface area contributed by atoms with Crippen molar-refractivity contribution in [3.05, 3.63) is 73.5 Å². The molecule has 0 fully saturated rings. The van der Waals surface area contributed by atoms with Crippen LogP contribution in [-0.2, 0) is 0 Å². The Morgan fingerprint density at radius 3 is 1.10 bits per heavy atom. The van der Waals surface area contributed by atoms with Gasteiger partial charge in [-0.3, -0.25) is 0 Å². The Hall–Kier alpha value is -0.960. The van der Waals surface area contributed by atoms with Gasteiger partial charge in [0, 0.05) is 0 Å². The maximum Gasteiger partial charge on any atom is 2.00 e. The molecule has 0 aliphatic heterocycles. The molecule has 2 aromatic carbocycles. The zero-order valence-electron chi connectivity index (χ0n) is 13.6. The molecule has 0 atom stereocenters. The summed E-state index contributed by atoms with van der Waals surface area (Å²) >= 11 is 0. The molecule has 3 heteroatoms. The molecular weight excluding hydrogens is 284 g/mol. The molecule has 0 bridgehead atoms. The summed E-state index contributed by atoms with van der Waals surface area (Å²) in [5, 5.41) is 0. The van der Waals surface area contributed by atoms with Gasteiger partial charge in [0.05, 0.1) is 0 Å². The maximum atomic E-state index is 3.90. The predicted molar refractivity (Wildman–Crippen MR) is 96.2 cm³/mol. The zero-order chi connectivity index (χ0) is 15.1. The van der Waals surface area contributed by atoms with Crippen LogP contribution in [0.4, 0.5) is 11.4 Å². The van der Waals surface area contributed by atoms with E-state index in [0.29, 0.717) is 0 Å². The van der Waals surface area contributed by atoms with Crippen molar-refractivity contribution >= 4 is 49.1 Å². The van der Waals surface area contributed by atoms with E-state index in [1.807, 2.05) is 64.6 Å². The van der Waals surface area contributed by atoms with E-state index >= 15 is 0 Å². The zero-order valence-corrected chi connectivity index (χ0v) is 15.8. The molecule has 2 aromatic rings. The Balaban J connectivity index is 0.000000364. The minimum absolute atomic E-state index is 0. The van der Waals surface area contributed by atoms with Crippen LogP contribution in [0.3, 0.4) is 0 Å². The Morgan fingerprint density at radius 1 is 0.619 bits per heavy atom. The summed E-state index contributed by atoms with van der Waals surface area (Å²) in [6.07, 6.45) is 0. The van der Waals surface area contributed by atoms with Gasteiger partial charge in [0.1, 0.15) is 0 Å². The molecule has 0 unspecified atom stereocenters. The van der Waals surface area contributed by atoms with Gasteiger partial charge in [-0.05, 0) is 28.2 Å². The monoisotopic (exact) mass is 308 g/mol. The van der Waals surface area contributed by atoms with Crippen molar-refractivity contribution in [2.24, 2.45) is 0 Å². The van der Waals surface area contributed by atoms with Crippen molar-refractivity contribution in [1.82, 2.24) is 0 Å². The van der Waals surface area contributed by atoms with E-state index in [0.717, 1.165) is 11.1 Å². The van der Waals surface area contributed by atoms with Crippen molar-refractivity contribution in [2.75, 3.05) is 38.0 Å². The van der Waals surface area contributed by atoms with Crippen molar-refractivity contribution in [1.29, 1.82) is 0 Å². The molecule has 0 radical (unpaired) electrons. The first-order chi connectivity index (χ1) is 9.43. The second-order valence-corrected chi connectivity index (χ2v) is 5.05. The molecule has 108 valence electrons. The van der Waals surface area contributed by atoms with Crippen molar-refractivity contribution in [2.45, 2.75) is 0 Å². The molecule has 0 aromatic heterocycles. The second-order valence-electron chi connectivity index (χ2n) is 5.05. The van der Waals surface area contributed by atoms with Gasteiger partial charge in [-0.25, -0.2) is 0 Å². The fourth-order valence-corrected chi connectivity index (χ4v) is 1.89. The average Bonchev–Trinajstić information content (AvgIpc) is 2.40. The fraction of sp³-hybridized carbons (Fsp3) is 0.222. The second kappa shape index (κ2) is 9.88. The third kappa shape index (κ3) is 6.56. The molecular formula is C18H24CaN2. The molecule has 2 rings (SSSR count). The summed E-state index contributed by atoms with van der Waals surface area (Å²) < 4.78 is 0. The van der Waals surface area contributed by atoms with Gasteiger partial charge in [-0.15, -0.1) is 12.1 Å². The summed E-state index contributed by atoms with van der Waals surface area (Å²) in [5.74, 6) is 0. The van der Waals surface area contributed by atoms with Crippen LogP contribution in [0.25, 0.3) is 0 Å². The van der Waals surface area contributed by atoms with Gasteiger partial charge in [-0.2, -0.15) is 37.1 Å². The smallest absolute Gasteiger partial charge is 0.428 e. The molecule has 0 heterocycles. The molecule has 2 nitrogen and oxygen atoms in total. The summed E-state index contributed by atoms with van der Waals surface area (Å²) in [5.41, 5.74) is 4.52. The number of nitrogens with zero attached hydrogens (tertiary/aromatic N) is 2. The van der Waals surface area contributed by atoms with E-state index in [4.69, 9.17) is 0 Å². The number of rotatable bonds is 2. The number of para-hydroxylation sites is 2. The van der Waals surface area contributed by atoms with Crippen LogP contribution in [0.2, 0.25) is 0 Å². The third-order valence-electron chi connectivity index (χ3n) is 2.95. The van der Waals surface area contributed by atoms with Gasteiger partial charge < -0.3 is 9.80 Å². The largest absolute Gasteiger partial charge is 2.00 e. The summed E-state index contributed by atoms with van der Waals surface area (Å²) in [7, 11) is 8.07. The van der Waals surface area contributed by atoms with E-state index in [-0.39, 0.29) is 37.7 Å². The summed E-state index contributed by atoms with van der Waals surface area (Å²) in [6, 6.07) is 16.2. The molecule has 0 N–H and O–H groups in total. The van der Waals surface area contributed by atoms with Gasteiger partial charge in [-0.1, -0.05) is 35.6 Å². The normalized spacial score (nSPS) is 8.95. The van der Waals surface area contributed by atoms with Crippen LogP contribution in [0.5, 0.6) is 0 Å². The first-order valence-electron chi connectivity index (χ1n) is 6.60. The molecule has 0 spiro atoms. The Kier molecular flexibility index (Phi) is 9.43. The summed E-state index contributed by atoms with van der Waals surface area (Å²) in [6.45, 7) is 7.80. The Labute approximate surface area is 159 Å². The SMILES string of the molecule is [CH2-]c1ccccc1N(C)C.[CH2-]c1ccccc1N(C)C.[Ca+2]. The molecule has 0 aliphatic carbocycles. The quantitative estimate of drug-likeness (QED) is 0.619. The molecule has 21 heavy (non-hydrogen) atoms. The topological polar surface area (TPSA) is 6.48 Å². The number of anilines is 2. The number of hydrogen-bond acceptors (Lipinski definition) is 2. The molecule has 0 aliphatic rings. The van der Waals surface area contributed by atoms with Crippen molar-refractivity contribution < 1.29 is 0 Å². The first-order valence-corrected chi connectivity index (χ1v) is 6.60. The van der Waals surface area contributed by atoms with Crippen LogP contribution in [0.15, 0.2) is 48.5 Å². The standard InChI is InChI=1S/2C9H12N.Ca/c2*1-8-6-4-5-7-9(8)10(2)3;/h2*4-7H,1H2,2-3H3;/q2*-1;+2. The maximum absolute atomic E-state index is 3.90. The fourth-order valence-electron chi connectivity index (χ4n) is 1.89. The van der Waals surface area contributed by atoms with Crippen molar-refractivity contribution in [3.8, 4) is 0 Å². The Bertz CT molecular complexity index is 487. The van der Waals surface area contributed by atoms with Gasteiger partial charge in [0.2, 0.25) is 0 Å². The number of benzene rings is 2. The van der Waals surface area contributed by atoms with Crippen LogP contribution >= 0.6 is 0 Å². The van der Waals surface area contributed by atoms with Crippen LogP contribution in [0.1, 0.15) is 11.1 Å². The van der Waals surface area contributed by atoms with Crippen LogP contribution < -0.4 is 9.80 Å². The molecule has 0 saturated heterocycles.